The average molecular weight is 285 g/mol. The largest absolute Gasteiger partial charge is 0.379 e. The SMILES string of the molecule is CCN(CC)CCN(CC(C)C)C(=O)C1COCC1N. The zero-order chi connectivity index (χ0) is 15.1. The van der Waals surface area contributed by atoms with Crippen molar-refractivity contribution in [2.24, 2.45) is 17.6 Å². The number of nitrogens with two attached hydrogens (primary N) is 1. The molecule has 5 nitrogen and oxygen atoms in total. The Bertz CT molecular complexity index is 293. The van der Waals surface area contributed by atoms with Crippen LogP contribution in [0.15, 0.2) is 0 Å². The standard InChI is InChI=1S/C15H31N3O2/c1-5-17(6-2)7-8-18(9-12(3)4)15(19)13-10-20-11-14(13)16/h12-14H,5-11,16H2,1-4H3. The van der Waals surface area contributed by atoms with Crippen molar-refractivity contribution in [2.75, 3.05) is 45.9 Å². The van der Waals surface area contributed by atoms with Crippen LogP contribution in [0, 0.1) is 11.8 Å². The molecule has 2 unspecified atom stereocenters. The Labute approximate surface area is 123 Å². The van der Waals surface area contributed by atoms with E-state index >= 15 is 0 Å². The summed E-state index contributed by atoms with van der Waals surface area (Å²) < 4.78 is 5.33. The van der Waals surface area contributed by atoms with Crippen LogP contribution in [0.25, 0.3) is 0 Å². The normalized spacial score (nSPS) is 22.8. The number of amides is 1. The second kappa shape index (κ2) is 8.60. The van der Waals surface area contributed by atoms with E-state index in [0.29, 0.717) is 19.1 Å². The van der Waals surface area contributed by atoms with E-state index < -0.39 is 0 Å². The minimum absolute atomic E-state index is 0.148. The number of hydrogen-bond acceptors (Lipinski definition) is 4. The van der Waals surface area contributed by atoms with Gasteiger partial charge in [0, 0.05) is 25.7 Å². The van der Waals surface area contributed by atoms with E-state index in [-0.39, 0.29) is 17.9 Å². The number of nitrogens with zero attached hydrogens (tertiary/aromatic N) is 2. The van der Waals surface area contributed by atoms with Gasteiger partial charge < -0.3 is 20.3 Å². The van der Waals surface area contributed by atoms with Crippen molar-refractivity contribution in [2.45, 2.75) is 33.7 Å². The Hall–Kier alpha value is -0.650. The van der Waals surface area contributed by atoms with E-state index in [1.54, 1.807) is 0 Å². The molecule has 0 saturated carbocycles. The Kier molecular flexibility index (Phi) is 7.48. The first kappa shape index (κ1) is 17.4. The molecule has 20 heavy (non-hydrogen) atoms. The molecule has 0 aliphatic carbocycles. The van der Waals surface area contributed by atoms with E-state index in [9.17, 15) is 4.79 Å². The molecule has 2 atom stereocenters. The predicted octanol–water partition coefficient (Wildman–Crippen LogP) is 0.787. The van der Waals surface area contributed by atoms with Crippen LogP contribution in [0.5, 0.6) is 0 Å². The Balaban J connectivity index is 2.60. The van der Waals surface area contributed by atoms with Gasteiger partial charge in [-0.05, 0) is 19.0 Å². The minimum Gasteiger partial charge on any atom is -0.379 e. The van der Waals surface area contributed by atoms with Gasteiger partial charge in [0.15, 0.2) is 0 Å². The quantitative estimate of drug-likeness (QED) is 0.716. The number of carbonyl (C=O) groups excluding carboxylic acids is 1. The molecule has 0 aromatic heterocycles. The molecular weight excluding hydrogens is 254 g/mol. The van der Waals surface area contributed by atoms with Crippen molar-refractivity contribution < 1.29 is 9.53 Å². The minimum atomic E-state index is -0.162. The first-order chi connectivity index (χ1) is 9.49. The highest BCUT2D eigenvalue weighted by Gasteiger charge is 2.34. The second-order valence-electron chi connectivity index (χ2n) is 6.01. The molecule has 118 valence electrons. The Morgan fingerprint density at radius 3 is 2.35 bits per heavy atom. The summed E-state index contributed by atoms with van der Waals surface area (Å²) >= 11 is 0. The van der Waals surface area contributed by atoms with Crippen molar-refractivity contribution in [3.8, 4) is 0 Å². The van der Waals surface area contributed by atoms with Crippen LogP contribution < -0.4 is 5.73 Å². The zero-order valence-corrected chi connectivity index (χ0v) is 13.5. The number of rotatable bonds is 8. The maximum Gasteiger partial charge on any atom is 0.229 e. The third-order valence-corrected chi connectivity index (χ3v) is 3.92. The molecule has 1 rings (SSSR count). The lowest BCUT2D eigenvalue weighted by atomic mass is 10.0. The van der Waals surface area contributed by atoms with Gasteiger partial charge in [-0.25, -0.2) is 0 Å². The summed E-state index contributed by atoms with van der Waals surface area (Å²) in [6.45, 7) is 14.1. The molecule has 1 amide bonds. The predicted molar refractivity (Wildman–Crippen MR) is 81.5 cm³/mol. The maximum absolute atomic E-state index is 12.6. The van der Waals surface area contributed by atoms with Crippen LogP contribution in [-0.2, 0) is 9.53 Å². The van der Waals surface area contributed by atoms with Gasteiger partial charge in [-0.15, -0.1) is 0 Å². The van der Waals surface area contributed by atoms with Crippen molar-refractivity contribution >= 4 is 5.91 Å². The van der Waals surface area contributed by atoms with Gasteiger partial charge in [-0.1, -0.05) is 27.7 Å². The van der Waals surface area contributed by atoms with Gasteiger partial charge in [0.1, 0.15) is 0 Å². The average Bonchev–Trinajstić information content (AvgIpc) is 2.83. The summed E-state index contributed by atoms with van der Waals surface area (Å²) in [6.07, 6.45) is 0. The molecule has 0 bridgehead atoms. The summed E-state index contributed by atoms with van der Waals surface area (Å²) in [6, 6.07) is -0.148. The Morgan fingerprint density at radius 2 is 1.90 bits per heavy atom. The van der Waals surface area contributed by atoms with E-state index in [0.717, 1.165) is 32.7 Å². The molecule has 0 spiro atoms. The summed E-state index contributed by atoms with van der Waals surface area (Å²) in [4.78, 5) is 16.9. The van der Waals surface area contributed by atoms with Crippen molar-refractivity contribution in [3.63, 3.8) is 0 Å². The molecular formula is C15H31N3O2. The molecule has 0 aromatic rings. The van der Waals surface area contributed by atoms with Gasteiger partial charge in [0.2, 0.25) is 5.91 Å². The lowest BCUT2D eigenvalue weighted by Gasteiger charge is -2.30. The molecule has 1 heterocycles. The fourth-order valence-corrected chi connectivity index (χ4v) is 2.59. The topological polar surface area (TPSA) is 58.8 Å². The highest BCUT2D eigenvalue weighted by atomic mass is 16.5. The van der Waals surface area contributed by atoms with Crippen molar-refractivity contribution in [1.29, 1.82) is 0 Å². The molecule has 2 N–H and O–H groups in total. The molecule has 0 aromatic carbocycles. The summed E-state index contributed by atoms with van der Waals surface area (Å²) in [7, 11) is 0. The molecule has 1 aliphatic heterocycles. The second-order valence-corrected chi connectivity index (χ2v) is 6.01. The summed E-state index contributed by atoms with van der Waals surface area (Å²) in [5, 5.41) is 0. The van der Waals surface area contributed by atoms with Crippen LogP contribution in [-0.4, -0.2) is 67.7 Å². The number of ether oxygens (including phenoxy) is 1. The van der Waals surface area contributed by atoms with E-state index in [4.69, 9.17) is 10.5 Å². The van der Waals surface area contributed by atoms with Crippen LogP contribution in [0.1, 0.15) is 27.7 Å². The van der Waals surface area contributed by atoms with Crippen LogP contribution in [0.2, 0.25) is 0 Å². The Morgan fingerprint density at radius 1 is 1.25 bits per heavy atom. The van der Waals surface area contributed by atoms with Crippen LogP contribution in [0.3, 0.4) is 0 Å². The first-order valence-corrected chi connectivity index (χ1v) is 7.84. The number of carbonyl (C=O) groups is 1. The van der Waals surface area contributed by atoms with E-state index in [2.05, 4.69) is 32.6 Å². The fraction of sp³-hybridized carbons (Fsp3) is 0.933. The highest BCUT2D eigenvalue weighted by Crippen LogP contribution is 2.16. The van der Waals surface area contributed by atoms with Gasteiger partial charge in [0.25, 0.3) is 0 Å². The van der Waals surface area contributed by atoms with E-state index in [1.807, 2.05) is 4.90 Å². The van der Waals surface area contributed by atoms with Crippen LogP contribution >= 0.6 is 0 Å². The van der Waals surface area contributed by atoms with Gasteiger partial charge in [-0.2, -0.15) is 0 Å². The van der Waals surface area contributed by atoms with E-state index in [1.165, 1.54) is 0 Å². The van der Waals surface area contributed by atoms with Crippen LogP contribution in [0.4, 0.5) is 0 Å². The highest BCUT2D eigenvalue weighted by molar-refractivity contribution is 5.80. The van der Waals surface area contributed by atoms with Crippen molar-refractivity contribution in [1.82, 2.24) is 9.80 Å². The lowest BCUT2D eigenvalue weighted by molar-refractivity contribution is -0.136. The summed E-state index contributed by atoms with van der Waals surface area (Å²) in [5.41, 5.74) is 5.97. The van der Waals surface area contributed by atoms with Gasteiger partial charge in [0.05, 0.1) is 19.1 Å². The molecule has 1 aliphatic rings. The molecule has 1 saturated heterocycles. The molecule has 1 fully saturated rings. The van der Waals surface area contributed by atoms with Gasteiger partial charge >= 0.3 is 0 Å². The first-order valence-electron chi connectivity index (χ1n) is 7.84. The molecule has 0 radical (unpaired) electrons. The van der Waals surface area contributed by atoms with Crippen molar-refractivity contribution in [3.05, 3.63) is 0 Å². The summed E-state index contributed by atoms with van der Waals surface area (Å²) in [5.74, 6) is 0.468. The molecule has 5 heteroatoms. The maximum atomic E-state index is 12.6. The monoisotopic (exact) mass is 285 g/mol. The third-order valence-electron chi connectivity index (χ3n) is 3.92. The smallest absolute Gasteiger partial charge is 0.229 e. The fourth-order valence-electron chi connectivity index (χ4n) is 2.59. The number of likely N-dealkylation sites (N-methyl/N-ethyl adjacent to an activating group) is 1. The van der Waals surface area contributed by atoms with Gasteiger partial charge in [-0.3, -0.25) is 4.79 Å². The lowest BCUT2D eigenvalue weighted by Crippen LogP contribution is -2.47. The number of hydrogen-bond donors (Lipinski definition) is 1. The zero-order valence-electron chi connectivity index (χ0n) is 13.5. The third kappa shape index (κ3) is 5.04.